The largest absolute Gasteiger partial charge is 0.483 e. The molecule has 0 aliphatic carbocycles. The minimum atomic E-state index is -1.01. The molecule has 108 valence electrons. The van der Waals surface area contributed by atoms with Gasteiger partial charge in [-0.2, -0.15) is 0 Å². The van der Waals surface area contributed by atoms with E-state index in [1.165, 1.54) is 6.08 Å². The SMILES string of the molecule is CCCNC(=O)COc1ccc(C=CC(=O)O)cc1Br. The highest BCUT2D eigenvalue weighted by atomic mass is 79.9. The molecule has 0 bridgehead atoms. The Kier molecular flexibility index (Phi) is 6.79. The van der Waals surface area contributed by atoms with E-state index in [0.29, 0.717) is 16.8 Å². The number of carbonyl (C=O) groups is 2. The molecular weight excluding hydrogens is 326 g/mol. The van der Waals surface area contributed by atoms with Crippen molar-refractivity contribution in [2.45, 2.75) is 13.3 Å². The van der Waals surface area contributed by atoms with E-state index >= 15 is 0 Å². The lowest BCUT2D eigenvalue weighted by Gasteiger charge is -2.09. The summed E-state index contributed by atoms with van der Waals surface area (Å²) in [6.07, 6.45) is 3.41. The molecule has 5 nitrogen and oxygen atoms in total. The molecule has 0 spiro atoms. The van der Waals surface area contributed by atoms with Crippen LogP contribution < -0.4 is 10.1 Å². The molecule has 0 atom stereocenters. The number of carbonyl (C=O) groups excluding carboxylic acids is 1. The summed E-state index contributed by atoms with van der Waals surface area (Å²) in [5, 5.41) is 11.3. The van der Waals surface area contributed by atoms with E-state index < -0.39 is 5.97 Å². The molecule has 1 rings (SSSR count). The Bertz CT molecular complexity index is 514. The van der Waals surface area contributed by atoms with Crippen LogP contribution in [-0.4, -0.2) is 30.1 Å². The van der Waals surface area contributed by atoms with Gasteiger partial charge in [-0.1, -0.05) is 13.0 Å². The van der Waals surface area contributed by atoms with Gasteiger partial charge in [0.05, 0.1) is 4.47 Å². The highest BCUT2D eigenvalue weighted by Gasteiger charge is 2.05. The number of rotatable bonds is 7. The lowest BCUT2D eigenvalue weighted by atomic mass is 10.2. The van der Waals surface area contributed by atoms with E-state index in [4.69, 9.17) is 9.84 Å². The minimum Gasteiger partial charge on any atom is -0.483 e. The Balaban J connectivity index is 2.60. The van der Waals surface area contributed by atoms with Crippen LogP contribution in [0.4, 0.5) is 0 Å². The number of carboxylic acids is 1. The van der Waals surface area contributed by atoms with E-state index in [1.54, 1.807) is 18.2 Å². The summed E-state index contributed by atoms with van der Waals surface area (Å²) in [5.41, 5.74) is 0.724. The van der Waals surface area contributed by atoms with Crippen LogP contribution in [0.25, 0.3) is 6.08 Å². The number of hydrogen-bond donors (Lipinski definition) is 2. The Morgan fingerprint density at radius 3 is 2.80 bits per heavy atom. The van der Waals surface area contributed by atoms with Crippen LogP contribution in [0, 0.1) is 0 Å². The monoisotopic (exact) mass is 341 g/mol. The predicted molar refractivity (Wildman–Crippen MR) is 79.6 cm³/mol. The zero-order valence-corrected chi connectivity index (χ0v) is 12.6. The van der Waals surface area contributed by atoms with Gasteiger partial charge in [-0.15, -0.1) is 0 Å². The van der Waals surface area contributed by atoms with Crippen molar-refractivity contribution in [1.29, 1.82) is 0 Å². The molecule has 0 unspecified atom stereocenters. The maximum Gasteiger partial charge on any atom is 0.328 e. The molecule has 20 heavy (non-hydrogen) atoms. The van der Waals surface area contributed by atoms with Gasteiger partial charge in [-0.25, -0.2) is 4.79 Å². The van der Waals surface area contributed by atoms with Crippen molar-refractivity contribution >= 4 is 33.9 Å². The number of hydrogen-bond acceptors (Lipinski definition) is 3. The summed E-state index contributed by atoms with van der Waals surface area (Å²) in [4.78, 5) is 21.8. The van der Waals surface area contributed by atoms with Crippen molar-refractivity contribution in [2.24, 2.45) is 0 Å². The van der Waals surface area contributed by atoms with Crippen molar-refractivity contribution in [3.63, 3.8) is 0 Å². The molecule has 1 aromatic carbocycles. The van der Waals surface area contributed by atoms with Crippen LogP contribution in [0.5, 0.6) is 5.75 Å². The molecule has 0 radical (unpaired) electrons. The first-order valence-corrected chi connectivity index (χ1v) is 6.92. The molecule has 0 fully saturated rings. The summed E-state index contributed by atoms with van der Waals surface area (Å²) < 4.78 is 6.04. The molecule has 2 N–H and O–H groups in total. The van der Waals surface area contributed by atoms with Crippen LogP contribution in [0.1, 0.15) is 18.9 Å². The molecule has 0 saturated carbocycles. The van der Waals surface area contributed by atoms with Crippen LogP contribution >= 0.6 is 15.9 Å². The molecular formula is C14H16BrNO4. The van der Waals surface area contributed by atoms with E-state index in [1.807, 2.05) is 6.92 Å². The predicted octanol–water partition coefficient (Wildman–Crippen LogP) is 2.45. The highest BCUT2D eigenvalue weighted by molar-refractivity contribution is 9.10. The van der Waals surface area contributed by atoms with Gasteiger partial charge in [0.15, 0.2) is 6.61 Å². The van der Waals surface area contributed by atoms with Crippen LogP contribution in [0.2, 0.25) is 0 Å². The number of amides is 1. The van der Waals surface area contributed by atoms with Gasteiger partial charge in [0.1, 0.15) is 5.75 Å². The van der Waals surface area contributed by atoms with Crippen LogP contribution in [-0.2, 0) is 9.59 Å². The fourth-order valence-electron chi connectivity index (χ4n) is 1.36. The number of benzene rings is 1. The Morgan fingerprint density at radius 1 is 1.45 bits per heavy atom. The lowest BCUT2D eigenvalue weighted by Crippen LogP contribution is -2.29. The molecule has 0 aliphatic heterocycles. The molecule has 1 aromatic rings. The smallest absolute Gasteiger partial charge is 0.328 e. The fourth-order valence-corrected chi connectivity index (χ4v) is 1.88. The number of nitrogens with one attached hydrogen (secondary N) is 1. The second-order valence-corrected chi connectivity index (χ2v) is 4.85. The second-order valence-electron chi connectivity index (χ2n) is 4.00. The molecule has 0 heterocycles. The Labute approximate surface area is 125 Å². The quantitative estimate of drug-likeness (QED) is 0.747. The van der Waals surface area contributed by atoms with Crippen molar-refractivity contribution in [3.05, 3.63) is 34.3 Å². The summed E-state index contributed by atoms with van der Waals surface area (Å²) in [5.74, 6) is -0.647. The second kappa shape index (κ2) is 8.37. The van der Waals surface area contributed by atoms with E-state index in [0.717, 1.165) is 18.1 Å². The average Bonchev–Trinajstić information content (AvgIpc) is 2.41. The van der Waals surface area contributed by atoms with Crippen molar-refractivity contribution in [2.75, 3.05) is 13.2 Å². The summed E-state index contributed by atoms with van der Waals surface area (Å²) in [6.45, 7) is 2.55. The van der Waals surface area contributed by atoms with Gasteiger partial charge in [0, 0.05) is 12.6 Å². The van der Waals surface area contributed by atoms with Gasteiger partial charge in [-0.05, 0) is 46.1 Å². The summed E-state index contributed by atoms with van der Waals surface area (Å²) in [6, 6.07) is 5.11. The van der Waals surface area contributed by atoms with Gasteiger partial charge in [0.25, 0.3) is 5.91 Å². The first kappa shape index (κ1) is 16.2. The van der Waals surface area contributed by atoms with E-state index in [9.17, 15) is 9.59 Å². The third kappa shape index (κ3) is 5.88. The highest BCUT2D eigenvalue weighted by Crippen LogP contribution is 2.26. The molecule has 0 saturated heterocycles. The zero-order valence-electron chi connectivity index (χ0n) is 11.1. The molecule has 1 amide bonds. The first-order valence-electron chi connectivity index (χ1n) is 6.13. The maximum atomic E-state index is 11.4. The summed E-state index contributed by atoms with van der Waals surface area (Å²) in [7, 11) is 0. The zero-order chi connectivity index (χ0) is 15.0. The van der Waals surface area contributed by atoms with Crippen molar-refractivity contribution in [1.82, 2.24) is 5.32 Å². The van der Waals surface area contributed by atoms with Crippen LogP contribution in [0.15, 0.2) is 28.7 Å². The van der Waals surface area contributed by atoms with E-state index in [2.05, 4.69) is 21.2 Å². The summed E-state index contributed by atoms with van der Waals surface area (Å²) >= 11 is 3.32. The van der Waals surface area contributed by atoms with Crippen molar-refractivity contribution in [3.8, 4) is 5.75 Å². The third-order valence-electron chi connectivity index (χ3n) is 2.31. The van der Waals surface area contributed by atoms with Gasteiger partial charge < -0.3 is 15.2 Å². The number of carboxylic acid groups (broad SMARTS) is 1. The minimum absolute atomic E-state index is 0.0527. The maximum absolute atomic E-state index is 11.4. The fraction of sp³-hybridized carbons (Fsp3) is 0.286. The van der Waals surface area contributed by atoms with Gasteiger partial charge in [0.2, 0.25) is 0 Å². The topological polar surface area (TPSA) is 75.6 Å². The number of ether oxygens (including phenoxy) is 1. The third-order valence-corrected chi connectivity index (χ3v) is 2.92. The Hall–Kier alpha value is -1.82. The normalized spacial score (nSPS) is 10.5. The lowest BCUT2D eigenvalue weighted by molar-refractivity contribution is -0.131. The van der Waals surface area contributed by atoms with Gasteiger partial charge in [-0.3, -0.25) is 4.79 Å². The first-order chi connectivity index (χ1) is 9.52. The number of halogens is 1. The van der Waals surface area contributed by atoms with Crippen molar-refractivity contribution < 1.29 is 19.4 Å². The Morgan fingerprint density at radius 2 is 2.20 bits per heavy atom. The molecule has 6 heteroatoms. The molecule has 0 aliphatic rings. The average molecular weight is 342 g/mol. The standard InChI is InChI=1S/C14H16BrNO4/c1-2-7-16-13(17)9-20-12-5-3-10(8-11(12)15)4-6-14(18)19/h3-6,8H,2,7,9H2,1H3,(H,16,17)(H,18,19). The van der Waals surface area contributed by atoms with E-state index in [-0.39, 0.29) is 12.5 Å². The molecule has 0 aromatic heterocycles. The van der Waals surface area contributed by atoms with Crippen LogP contribution in [0.3, 0.4) is 0 Å². The van der Waals surface area contributed by atoms with Gasteiger partial charge >= 0.3 is 5.97 Å². The number of aliphatic carboxylic acids is 1.